The van der Waals surface area contributed by atoms with Crippen molar-refractivity contribution in [2.45, 2.75) is 25.3 Å². The molecular formula is C18H21NO4. The predicted molar refractivity (Wildman–Crippen MR) is 87.3 cm³/mol. The Morgan fingerprint density at radius 2 is 1.43 bits per heavy atom. The summed E-state index contributed by atoms with van der Waals surface area (Å²) in [6.45, 7) is -0.147. The Morgan fingerprint density at radius 1 is 0.913 bits per heavy atom. The van der Waals surface area contributed by atoms with E-state index in [0.717, 1.165) is 11.1 Å². The Kier molecular flexibility index (Phi) is 6.00. The molecule has 0 heterocycles. The Balaban J connectivity index is 1.82. The topological polar surface area (TPSA) is 89.8 Å². The highest BCUT2D eigenvalue weighted by Gasteiger charge is 2.12. The van der Waals surface area contributed by atoms with E-state index in [2.05, 4.69) is 5.32 Å². The lowest BCUT2D eigenvalue weighted by atomic mass is 10.1. The predicted octanol–water partition coefficient (Wildman–Crippen LogP) is 1.75. The van der Waals surface area contributed by atoms with E-state index in [4.69, 9.17) is 0 Å². The maximum absolute atomic E-state index is 12.0. The number of amides is 1. The van der Waals surface area contributed by atoms with Crippen LogP contribution in [-0.2, 0) is 17.6 Å². The average Bonchev–Trinajstić information content (AvgIpc) is 2.55. The van der Waals surface area contributed by atoms with Gasteiger partial charge in [-0.05, 0) is 48.2 Å². The second-order valence-electron chi connectivity index (χ2n) is 5.48. The Labute approximate surface area is 135 Å². The van der Waals surface area contributed by atoms with Gasteiger partial charge in [0.25, 0.3) is 0 Å². The molecular weight excluding hydrogens is 294 g/mol. The van der Waals surface area contributed by atoms with Gasteiger partial charge in [0.1, 0.15) is 11.5 Å². The number of phenolic OH excluding ortho intramolecular Hbond substituents is 2. The molecule has 0 aromatic heterocycles. The van der Waals surface area contributed by atoms with E-state index in [0.29, 0.717) is 19.3 Å². The van der Waals surface area contributed by atoms with Gasteiger partial charge in [0.05, 0.1) is 12.6 Å². The average molecular weight is 315 g/mol. The molecule has 1 atom stereocenters. The van der Waals surface area contributed by atoms with E-state index < -0.39 is 0 Å². The number of rotatable bonds is 7. The highest BCUT2D eigenvalue weighted by molar-refractivity contribution is 5.76. The number of carbonyl (C=O) groups is 1. The maximum Gasteiger partial charge on any atom is 0.220 e. The van der Waals surface area contributed by atoms with Crippen LogP contribution in [0.5, 0.6) is 11.5 Å². The van der Waals surface area contributed by atoms with Crippen molar-refractivity contribution in [1.29, 1.82) is 0 Å². The highest BCUT2D eigenvalue weighted by atomic mass is 16.3. The second kappa shape index (κ2) is 8.19. The smallest absolute Gasteiger partial charge is 0.220 e. The van der Waals surface area contributed by atoms with Gasteiger partial charge in [-0.2, -0.15) is 0 Å². The summed E-state index contributed by atoms with van der Waals surface area (Å²) >= 11 is 0. The largest absolute Gasteiger partial charge is 0.508 e. The first-order valence-electron chi connectivity index (χ1n) is 7.53. The fraction of sp³-hybridized carbons (Fsp3) is 0.278. The molecule has 0 aliphatic rings. The van der Waals surface area contributed by atoms with Crippen LogP contribution in [0.4, 0.5) is 0 Å². The Bertz CT molecular complexity index is 622. The number of hydrogen-bond donors (Lipinski definition) is 4. The van der Waals surface area contributed by atoms with Gasteiger partial charge in [-0.1, -0.05) is 24.3 Å². The molecule has 0 saturated carbocycles. The molecule has 4 N–H and O–H groups in total. The maximum atomic E-state index is 12.0. The number of benzene rings is 2. The summed E-state index contributed by atoms with van der Waals surface area (Å²) in [6, 6.07) is 13.1. The first-order chi connectivity index (χ1) is 11.1. The number of hydrogen-bond acceptors (Lipinski definition) is 4. The van der Waals surface area contributed by atoms with Crippen molar-refractivity contribution in [3.05, 3.63) is 59.7 Å². The summed E-state index contributed by atoms with van der Waals surface area (Å²) in [7, 11) is 0. The van der Waals surface area contributed by atoms with Crippen LogP contribution in [0.25, 0.3) is 0 Å². The van der Waals surface area contributed by atoms with Crippen molar-refractivity contribution in [1.82, 2.24) is 5.32 Å². The molecule has 0 saturated heterocycles. The molecule has 5 heteroatoms. The van der Waals surface area contributed by atoms with Crippen LogP contribution in [0, 0.1) is 0 Å². The normalized spacial score (nSPS) is 11.9. The molecule has 2 aromatic rings. The zero-order chi connectivity index (χ0) is 16.7. The molecule has 1 amide bonds. The van der Waals surface area contributed by atoms with Crippen molar-refractivity contribution < 1.29 is 20.1 Å². The van der Waals surface area contributed by atoms with Gasteiger partial charge >= 0.3 is 0 Å². The minimum atomic E-state index is -0.355. The third-order valence-corrected chi connectivity index (χ3v) is 3.58. The van der Waals surface area contributed by atoms with E-state index in [1.165, 1.54) is 0 Å². The van der Waals surface area contributed by atoms with Gasteiger partial charge in [-0.25, -0.2) is 0 Å². The third-order valence-electron chi connectivity index (χ3n) is 3.58. The summed E-state index contributed by atoms with van der Waals surface area (Å²) < 4.78 is 0. The van der Waals surface area contributed by atoms with Crippen LogP contribution in [-0.4, -0.2) is 33.9 Å². The fourth-order valence-corrected chi connectivity index (χ4v) is 2.30. The number of aromatic hydroxyl groups is 2. The number of nitrogens with one attached hydrogen (secondary N) is 1. The standard InChI is InChI=1S/C18H21NO4/c20-12-15(11-14-3-8-17(22)9-4-14)19-18(23)10-5-13-1-6-16(21)7-2-13/h1-4,6-9,15,20-22H,5,10-12H2,(H,19,23). The molecule has 0 bridgehead atoms. The van der Waals surface area contributed by atoms with E-state index in [-0.39, 0.29) is 30.1 Å². The monoisotopic (exact) mass is 315 g/mol. The summed E-state index contributed by atoms with van der Waals surface area (Å²) in [6.07, 6.45) is 1.39. The van der Waals surface area contributed by atoms with Crippen LogP contribution < -0.4 is 5.32 Å². The summed E-state index contributed by atoms with van der Waals surface area (Å²) in [5.41, 5.74) is 1.90. The van der Waals surface area contributed by atoms with Crippen LogP contribution in [0.15, 0.2) is 48.5 Å². The zero-order valence-corrected chi connectivity index (χ0v) is 12.8. The molecule has 0 spiro atoms. The van der Waals surface area contributed by atoms with E-state index in [1.807, 2.05) is 0 Å². The molecule has 23 heavy (non-hydrogen) atoms. The molecule has 0 radical (unpaired) electrons. The minimum absolute atomic E-state index is 0.129. The summed E-state index contributed by atoms with van der Waals surface area (Å²) in [4.78, 5) is 12.0. The molecule has 2 rings (SSSR count). The molecule has 5 nitrogen and oxygen atoms in total. The molecule has 0 aliphatic heterocycles. The zero-order valence-electron chi connectivity index (χ0n) is 12.8. The van der Waals surface area contributed by atoms with Crippen LogP contribution in [0.3, 0.4) is 0 Å². The Hall–Kier alpha value is -2.53. The fourth-order valence-electron chi connectivity index (χ4n) is 2.30. The highest BCUT2D eigenvalue weighted by Crippen LogP contribution is 2.12. The number of carbonyl (C=O) groups excluding carboxylic acids is 1. The third kappa shape index (κ3) is 5.64. The van der Waals surface area contributed by atoms with Gasteiger partial charge in [-0.15, -0.1) is 0 Å². The van der Waals surface area contributed by atoms with Crippen molar-refractivity contribution in [3.63, 3.8) is 0 Å². The van der Waals surface area contributed by atoms with Crippen molar-refractivity contribution in [2.75, 3.05) is 6.61 Å². The van der Waals surface area contributed by atoms with Crippen LogP contribution in [0.1, 0.15) is 17.5 Å². The summed E-state index contributed by atoms with van der Waals surface area (Å²) in [5.74, 6) is 0.260. The lowest BCUT2D eigenvalue weighted by Gasteiger charge is -2.16. The molecule has 1 unspecified atom stereocenters. The molecule has 0 fully saturated rings. The minimum Gasteiger partial charge on any atom is -0.508 e. The van der Waals surface area contributed by atoms with Crippen molar-refractivity contribution in [2.24, 2.45) is 0 Å². The van der Waals surface area contributed by atoms with E-state index in [1.54, 1.807) is 48.5 Å². The van der Waals surface area contributed by atoms with Gasteiger partial charge in [-0.3, -0.25) is 4.79 Å². The van der Waals surface area contributed by atoms with Gasteiger partial charge in [0, 0.05) is 6.42 Å². The van der Waals surface area contributed by atoms with Crippen molar-refractivity contribution >= 4 is 5.91 Å². The first kappa shape index (κ1) is 16.8. The molecule has 122 valence electrons. The number of aliphatic hydroxyl groups is 1. The van der Waals surface area contributed by atoms with Gasteiger partial charge in [0.15, 0.2) is 0 Å². The van der Waals surface area contributed by atoms with Crippen molar-refractivity contribution in [3.8, 4) is 11.5 Å². The number of aliphatic hydroxyl groups excluding tert-OH is 1. The molecule has 0 aliphatic carbocycles. The quantitative estimate of drug-likeness (QED) is 0.626. The lowest BCUT2D eigenvalue weighted by Crippen LogP contribution is -2.39. The van der Waals surface area contributed by atoms with E-state index in [9.17, 15) is 20.1 Å². The summed E-state index contributed by atoms with van der Waals surface area (Å²) in [5, 5.41) is 30.7. The lowest BCUT2D eigenvalue weighted by molar-refractivity contribution is -0.122. The van der Waals surface area contributed by atoms with Gasteiger partial charge < -0.3 is 20.6 Å². The number of phenols is 2. The Morgan fingerprint density at radius 3 is 1.96 bits per heavy atom. The molecule has 2 aromatic carbocycles. The van der Waals surface area contributed by atoms with Crippen LogP contribution in [0.2, 0.25) is 0 Å². The SMILES string of the molecule is O=C(CCc1ccc(O)cc1)NC(CO)Cc1ccc(O)cc1. The first-order valence-corrected chi connectivity index (χ1v) is 7.53. The van der Waals surface area contributed by atoms with Crippen LogP contribution >= 0.6 is 0 Å². The second-order valence-corrected chi connectivity index (χ2v) is 5.48. The van der Waals surface area contributed by atoms with Gasteiger partial charge in [0.2, 0.25) is 5.91 Å². The number of aryl methyl sites for hydroxylation is 1. The van der Waals surface area contributed by atoms with E-state index >= 15 is 0 Å².